The maximum absolute atomic E-state index is 12.2. The third-order valence-corrected chi connectivity index (χ3v) is 8.61. The zero-order valence-corrected chi connectivity index (χ0v) is 31.5. The van der Waals surface area contributed by atoms with Crippen LogP contribution < -0.4 is 0 Å². The summed E-state index contributed by atoms with van der Waals surface area (Å²) in [5.41, 5.74) is 0. The van der Waals surface area contributed by atoms with Crippen molar-refractivity contribution in [3.05, 3.63) is 48.6 Å². The quantitative estimate of drug-likeness (QED) is 0.0407. The minimum absolute atomic E-state index is 0.0742. The second kappa shape index (κ2) is 39.3. The van der Waals surface area contributed by atoms with E-state index in [1.54, 1.807) is 0 Å². The van der Waals surface area contributed by atoms with Crippen molar-refractivity contribution in [2.75, 3.05) is 13.2 Å². The predicted octanol–water partition coefficient (Wildman–Crippen LogP) is 12.6. The van der Waals surface area contributed by atoms with E-state index in [1.165, 1.54) is 96.3 Å². The fourth-order valence-electron chi connectivity index (χ4n) is 5.56. The zero-order valence-electron chi connectivity index (χ0n) is 31.5. The first-order valence-corrected chi connectivity index (χ1v) is 20.2. The van der Waals surface area contributed by atoms with Crippen LogP contribution in [-0.2, 0) is 19.1 Å². The number of carbonyl (C=O) groups is 2. The number of hydrogen-bond acceptors (Lipinski definition) is 5. The summed E-state index contributed by atoms with van der Waals surface area (Å²) in [5.74, 6) is -0.612. The van der Waals surface area contributed by atoms with Crippen LogP contribution in [0.5, 0.6) is 0 Å². The molecule has 0 aromatic carbocycles. The van der Waals surface area contributed by atoms with Crippen molar-refractivity contribution in [1.29, 1.82) is 0 Å². The summed E-state index contributed by atoms with van der Waals surface area (Å²) in [4.78, 5) is 24.3. The average molecular weight is 673 g/mol. The topological polar surface area (TPSA) is 72.8 Å². The minimum atomic E-state index is -0.781. The molecule has 48 heavy (non-hydrogen) atoms. The summed E-state index contributed by atoms with van der Waals surface area (Å²) in [5, 5.41) is 9.55. The fourth-order valence-corrected chi connectivity index (χ4v) is 5.56. The maximum Gasteiger partial charge on any atom is 0.306 e. The molecule has 0 radical (unpaired) electrons. The van der Waals surface area contributed by atoms with Gasteiger partial charge < -0.3 is 14.6 Å². The van der Waals surface area contributed by atoms with E-state index in [4.69, 9.17) is 9.47 Å². The van der Waals surface area contributed by atoms with Crippen LogP contribution in [0.15, 0.2) is 48.6 Å². The van der Waals surface area contributed by atoms with Crippen molar-refractivity contribution in [1.82, 2.24) is 0 Å². The molecule has 0 aromatic heterocycles. The number of hydrogen-bond donors (Lipinski definition) is 1. The molecule has 1 unspecified atom stereocenters. The molecule has 1 atom stereocenters. The van der Waals surface area contributed by atoms with Gasteiger partial charge in [0.25, 0.3) is 0 Å². The smallest absolute Gasteiger partial charge is 0.306 e. The van der Waals surface area contributed by atoms with Crippen molar-refractivity contribution < 1.29 is 24.2 Å². The normalized spacial score (nSPS) is 12.6. The van der Waals surface area contributed by atoms with E-state index in [0.717, 1.165) is 70.6 Å². The van der Waals surface area contributed by atoms with Crippen LogP contribution in [0.25, 0.3) is 0 Å². The highest BCUT2D eigenvalue weighted by Gasteiger charge is 2.16. The highest BCUT2D eigenvalue weighted by molar-refractivity contribution is 5.70. The molecule has 0 bridgehead atoms. The third-order valence-electron chi connectivity index (χ3n) is 8.61. The van der Waals surface area contributed by atoms with E-state index in [0.29, 0.717) is 12.8 Å². The molecule has 0 aliphatic carbocycles. The number of carbonyl (C=O) groups excluding carboxylic acids is 2. The Hall–Kier alpha value is -2.14. The van der Waals surface area contributed by atoms with Gasteiger partial charge in [0, 0.05) is 12.8 Å². The molecule has 0 aromatic rings. The molecule has 0 rings (SSSR count). The lowest BCUT2D eigenvalue weighted by molar-refractivity contribution is -0.161. The van der Waals surface area contributed by atoms with Crippen LogP contribution in [0.1, 0.15) is 194 Å². The Balaban J connectivity index is 3.56. The molecule has 0 spiro atoms. The van der Waals surface area contributed by atoms with Crippen LogP contribution >= 0.6 is 0 Å². The van der Waals surface area contributed by atoms with Gasteiger partial charge in [0.05, 0.1) is 6.61 Å². The monoisotopic (exact) mass is 673 g/mol. The van der Waals surface area contributed by atoms with Gasteiger partial charge in [-0.1, -0.05) is 159 Å². The van der Waals surface area contributed by atoms with Gasteiger partial charge >= 0.3 is 11.9 Å². The third kappa shape index (κ3) is 36.7. The molecule has 0 saturated heterocycles. The summed E-state index contributed by atoms with van der Waals surface area (Å²) in [6.07, 6.45) is 48.9. The van der Waals surface area contributed by atoms with Crippen molar-refractivity contribution >= 4 is 11.9 Å². The number of allylic oxidation sites excluding steroid dienone is 8. The Morgan fingerprint density at radius 1 is 0.500 bits per heavy atom. The Morgan fingerprint density at radius 3 is 1.38 bits per heavy atom. The molecular weight excluding hydrogens is 596 g/mol. The molecule has 5 heteroatoms. The molecule has 1 N–H and O–H groups in total. The van der Waals surface area contributed by atoms with Gasteiger partial charge in [0.1, 0.15) is 6.61 Å². The number of esters is 2. The molecule has 0 heterocycles. The van der Waals surface area contributed by atoms with Crippen molar-refractivity contribution in [2.24, 2.45) is 0 Å². The molecule has 0 aliphatic heterocycles. The van der Waals surface area contributed by atoms with Crippen LogP contribution in [0.2, 0.25) is 0 Å². The summed E-state index contributed by atoms with van der Waals surface area (Å²) in [7, 11) is 0. The number of aliphatic hydroxyl groups is 1. The first-order valence-electron chi connectivity index (χ1n) is 20.2. The summed E-state index contributed by atoms with van der Waals surface area (Å²) < 4.78 is 10.6. The highest BCUT2D eigenvalue weighted by atomic mass is 16.6. The molecule has 0 aliphatic rings. The molecule has 0 fully saturated rings. The summed E-state index contributed by atoms with van der Waals surface area (Å²) >= 11 is 0. The summed E-state index contributed by atoms with van der Waals surface area (Å²) in [6.45, 7) is 4.01. The Bertz CT molecular complexity index is 812. The molecular formula is C43H76O5. The maximum atomic E-state index is 12.2. The molecule has 5 nitrogen and oxygen atoms in total. The van der Waals surface area contributed by atoms with Crippen molar-refractivity contribution in [2.45, 2.75) is 200 Å². The second-order valence-electron chi connectivity index (χ2n) is 13.3. The SMILES string of the molecule is CC/C=C\C/C=C\C/C=C\CCCCCCCC(=O)OC(CO)COC(=O)CCCCCCCCCCC/C=C\CCCCCCCC. The van der Waals surface area contributed by atoms with Crippen LogP contribution in [-0.4, -0.2) is 36.4 Å². The molecule has 0 saturated carbocycles. The van der Waals surface area contributed by atoms with Gasteiger partial charge in [0.2, 0.25) is 0 Å². The lowest BCUT2D eigenvalue weighted by Gasteiger charge is -2.15. The lowest BCUT2D eigenvalue weighted by atomic mass is 10.1. The minimum Gasteiger partial charge on any atom is -0.462 e. The van der Waals surface area contributed by atoms with Crippen molar-refractivity contribution in [3.8, 4) is 0 Å². The molecule has 0 amide bonds. The summed E-state index contributed by atoms with van der Waals surface area (Å²) in [6, 6.07) is 0. The standard InChI is InChI=1S/C43H76O5/c1-3-5-7-9-11-13-15-17-19-20-21-22-24-25-27-29-31-33-35-37-42(45)47-40-41(39-44)48-43(46)38-36-34-32-30-28-26-23-18-16-14-12-10-8-6-4-2/h6,8,12,14,17-19,23,41,44H,3-5,7,9-11,13,15-16,20-22,24-40H2,1-2H3/b8-6-,14-12-,19-17-,23-18-. The van der Waals surface area contributed by atoms with Gasteiger partial charge in [-0.15, -0.1) is 0 Å². The highest BCUT2D eigenvalue weighted by Crippen LogP contribution is 2.13. The van der Waals surface area contributed by atoms with Gasteiger partial charge in [-0.05, 0) is 70.6 Å². The Labute approximate surface area is 297 Å². The first kappa shape index (κ1) is 45.9. The number of unbranched alkanes of at least 4 members (excludes halogenated alkanes) is 20. The van der Waals surface area contributed by atoms with Gasteiger partial charge in [-0.2, -0.15) is 0 Å². The second-order valence-corrected chi connectivity index (χ2v) is 13.3. The lowest BCUT2D eigenvalue weighted by Crippen LogP contribution is -2.28. The predicted molar refractivity (Wildman–Crippen MR) is 205 cm³/mol. The largest absolute Gasteiger partial charge is 0.462 e. The van der Waals surface area contributed by atoms with E-state index >= 15 is 0 Å². The average Bonchev–Trinajstić information content (AvgIpc) is 3.09. The number of rotatable bonds is 36. The zero-order chi connectivity index (χ0) is 35.0. The van der Waals surface area contributed by atoms with Crippen LogP contribution in [0, 0.1) is 0 Å². The first-order chi connectivity index (χ1) is 23.6. The number of aliphatic hydroxyl groups excluding tert-OH is 1. The van der Waals surface area contributed by atoms with E-state index < -0.39 is 6.10 Å². The van der Waals surface area contributed by atoms with Gasteiger partial charge in [-0.3, -0.25) is 9.59 Å². The van der Waals surface area contributed by atoms with Crippen LogP contribution in [0.4, 0.5) is 0 Å². The van der Waals surface area contributed by atoms with E-state index in [9.17, 15) is 14.7 Å². The molecule has 278 valence electrons. The van der Waals surface area contributed by atoms with E-state index in [1.807, 2.05) is 0 Å². The Kier molecular flexibility index (Phi) is 37.5. The van der Waals surface area contributed by atoms with Crippen LogP contribution in [0.3, 0.4) is 0 Å². The number of ether oxygens (including phenoxy) is 2. The van der Waals surface area contributed by atoms with E-state index in [2.05, 4.69) is 62.5 Å². The Morgan fingerprint density at radius 2 is 0.896 bits per heavy atom. The van der Waals surface area contributed by atoms with Gasteiger partial charge in [-0.25, -0.2) is 0 Å². The van der Waals surface area contributed by atoms with Crippen molar-refractivity contribution in [3.63, 3.8) is 0 Å². The fraction of sp³-hybridized carbons (Fsp3) is 0.767. The van der Waals surface area contributed by atoms with E-state index in [-0.39, 0.29) is 25.2 Å². The van der Waals surface area contributed by atoms with Gasteiger partial charge in [0.15, 0.2) is 6.10 Å².